The van der Waals surface area contributed by atoms with Gasteiger partial charge >= 0.3 is 5.97 Å². The zero-order valence-corrected chi connectivity index (χ0v) is 15.0. The molecule has 0 saturated heterocycles. The first-order valence-electron chi connectivity index (χ1n) is 7.26. The fourth-order valence-corrected chi connectivity index (χ4v) is 2.48. The maximum absolute atomic E-state index is 12.3. The van der Waals surface area contributed by atoms with Gasteiger partial charge < -0.3 is 14.2 Å². The van der Waals surface area contributed by atoms with Crippen LogP contribution in [0.1, 0.15) is 27.6 Å². The Morgan fingerprint density at radius 3 is 2.46 bits per heavy atom. The number of hydrogen-bond acceptors (Lipinski definition) is 5. The molecule has 24 heavy (non-hydrogen) atoms. The van der Waals surface area contributed by atoms with E-state index in [0.29, 0.717) is 34.6 Å². The fraction of sp³-hybridized carbons (Fsp3) is 0.222. The van der Waals surface area contributed by atoms with E-state index in [1.54, 1.807) is 49.6 Å². The third kappa shape index (κ3) is 4.66. The lowest BCUT2D eigenvalue weighted by Crippen LogP contribution is -2.11. The van der Waals surface area contributed by atoms with Crippen molar-refractivity contribution in [2.45, 2.75) is 6.92 Å². The average Bonchev–Trinajstić information content (AvgIpc) is 2.56. The van der Waals surface area contributed by atoms with Gasteiger partial charge in [-0.3, -0.25) is 4.79 Å². The van der Waals surface area contributed by atoms with Gasteiger partial charge in [0.05, 0.1) is 22.2 Å². The molecule has 6 heteroatoms. The molecule has 0 saturated carbocycles. The standard InChI is InChI=1S/C18H17BrO5/c1-12(20)14-5-3-4-6-16(14)24-18(21)13-7-8-17(15(19)11-13)23-10-9-22-2/h3-8,11H,9-10H2,1-2H3. The summed E-state index contributed by atoms with van der Waals surface area (Å²) in [5.74, 6) is 0.133. The number of ketones is 1. The predicted octanol–water partition coefficient (Wildman–Crippen LogP) is 3.90. The summed E-state index contributed by atoms with van der Waals surface area (Å²) in [5.41, 5.74) is 0.712. The zero-order chi connectivity index (χ0) is 17.5. The average molecular weight is 393 g/mol. The Kier molecular flexibility index (Phi) is 6.52. The van der Waals surface area contributed by atoms with Gasteiger partial charge in [0.25, 0.3) is 0 Å². The minimum absolute atomic E-state index is 0.165. The molecular formula is C18H17BrO5. The SMILES string of the molecule is COCCOc1ccc(C(=O)Oc2ccccc2C(C)=O)cc1Br. The van der Waals surface area contributed by atoms with E-state index in [2.05, 4.69) is 15.9 Å². The van der Waals surface area contributed by atoms with Crippen molar-refractivity contribution in [1.82, 2.24) is 0 Å². The molecular weight excluding hydrogens is 376 g/mol. The molecule has 0 atom stereocenters. The Morgan fingerprint density at radius 1 is 1.04 bits per heavy atom. The highest BCUT2D eigenvalue weighted by Gasteiger charge is 2.15. The molecule has 0 aliphatic rings. The lowest BCUT2D eigenvalue weighted by Gasteiger charge is -2.10. The van der Waals surface area contributed by atoms with Crippen LogP contribution in [0.5, 0.6) is 11.5 Å². The number of hydrogen-bond donors (Lipinski definition) is 0. The first-order valence-corrected chi connectivity index (χ1v) is 8.05. The third-order valence-electron chi connectivity index (χ3n) is 3.18. The highest BCUT2D eigenvalue weighted by Crippen LogP contribution is 2.27. The van der Waals surface area contributed by atoms with Crippen LogP contribution >= 0.6 is 15.9 Å². The summed E-state index contributed by atoms with van der Waals surface area (Å²) in [6, 6.07) is 11.5. The molecule has 2 rings (SSSR count). The van der Waals surface area contributed by atoms with Gasteiger partial charge in [0.1, 0.15) is 18.1 Å². The molecule has 0 bridgehead atoms. The number of rotatable bonds is 7. The van der Waals surface area contributed by atoms with Crippen LogP contribution in [0.3, 0.4) is 0 Å². The molecule has 0 aromatic heterocycles. The van der Waals surface area contributed by atoms with Gasteiger partial charge in [-0.1, -0.05) is 12.1 Å². The second-order valence-corrected chi connectivity index (χ2v) is 5.78. The summed E-state index contributed by atoms with van der Waals surface area (Å²) in [6.07, 6.45) is 0. The van der Waals surface area contributed by atoms with Gasteiger partial charge in [0.15, 0.2) is 5.78 Å². The van der Waals surface area contributed by atoms with Gasteiger partial charge in [-0.2, -0.15) is 0 Å². The van der Waals surface area contributed by atoms with E-state index in [9.17, 15) is 9.59 Å². The molecule has 0 radical (unpaired) electrons. The van der Waals surface area contributed by atoms with Crippen LogP contribution in [0.2, 0.25) is 0 Å². The third-order valence-corrected chi connectivity index (χ3v) is 3.80. The largest absolute Gasteiger partial charge is 0.490 e. The molecule has 0 spiro atoms. The Morgan fingerprint density at radius 2 is 1.79 bits per heavy atom. The molecule has 0 unspecified atom stereocenters. The smallest absolute Gasteiger partial charge is 0.343 e. The summed E-state index contributed by atoms with van der Waals surface area (Å²) in [5, 5.41) is 0. The van der Waals surface area contributed by atoms with Crippen LogP contribution in [0.25, 0.3) is 0 Å². The summed E-state index contributed by atoms with van der Waals surface area (Å²) in [4.78, 5) is 23.9. The number of esters is 1. The van der Waals surface area contributed by atoms with E-state index in [0.717, 1.165) is 0 Å². The number of carbonyl (C=O) groups excluding carboxylic acids is 2. The van der Waals surface area contributed by atoms with Crippen LogP contribution in [0.15, 0.2) is 46.9 Å². The summed E-state index contributed by atoms with van der Waals surface area (Å²) >= 11 is 3.36. The molecule has 0 fully saturated rings. The minimum atomic E-state index is -0.548. The fourth-order valence-electron chi connectivity index (χ4n) is 1.99. The van der Waals surface area contributed by atoms with Crippen molar-refractivity contribution >= 4 is 27.7 Å². The van der Waals surface area contributed by atoms with Crippen LogP contribution in [0.4, 0.5) is 0 Å². The van der Waals surface area contributed by atoms with Crippen molar-refractivity contribution in [3.63, 3.8) is 0 Å². The van der Waals surface area contributed by atoms with Crippen LogP contribution in [-0.2, 0) is 4.74 Å². The van der Waals surface area contributed by atoms with Crippen LogP contribution < -0.4 is 9.47 Å². The number of ether oxygens (including phenoxy) is 3. The number of methoxy groups -OCH3 is 1. The summed E-state index contributed by atoms with van der Waals surface area (Å²) in [7, 11) is 1.59. The van der Waals surface area contributed by atoms with Gasteiger partial charge in [0, 0.05) is 7.11 Å². The molecule has 2 aromatic rings. The first-order chi connectivity index (χ1) is 11.5. The van der Waals surface area contributed by atoms with E-state index in [1.165, 1.54) is 6.92 Å². The Balaban J connectivity index is 2.13. The van der Waals surface area contributed by atoms with Crippen molar-refractivity contribution in [2.24, 2.45) is 0 Å². The monoisotopic (exact) mass is 392 g/mol. The lowest BCUT2D eigenvalue weighted by atomic mass is 10.1. The van der Waals surface area contributed by atoms with E-state index in [4.69, 9.17) is 14.2 Å². The molecule has 0 amide bonds. The summed E-state index contributed by atoms with van der Waals surface area (Å²) in [6.45, 7) is 2.30. The van der Waals surface area contributed by atoms with Crippen molar-refractivity contribution in [2.75, 3.05) is 20.3 Å². The second-order valence-electron chi connectivity index (χ2n) is 4.93. The van der Waals surface area contributed by atoms with E-state index in [-0.39, 0.29) is 11.5 Å². The van der Waals surface area contributed by atoms with Crippen LogP contribution in [0, 0.1) is 0 Å². The van der Waals surface area contributed by atoms with Crippen molar-refractivity contribution in [1.29, 1.82) is 0 Å². The molecule has 0 heterocycles. The maximum Gasteiger partial charge on any atom is 0.343 e. The Bertz CT molecular complexity index is 742. The van der Waals surface area contributed by atoms with Gasteiger partial charge in [-0.25, -0.2) is 4.79 Å². The quantitative estimate of drug-likeness (QED) is 0.309. The summed E-state index contributed by atoms with van der Waals surface area (Å²) < 4.78 is 16.4. The molecule has 2 aromatic carbocycles. The lowest BCUT2D eigenvalue weighted by molar-refractivity contribution is 0.0732. The number of para-hydroxylation sites is 1. The Hall–Kier alpha value is -2.18. The molecule has 126 valence electrons. The highest BCUT2D eigenvalue weighted by molar-refractivity contribution is 9.10. The van der Waals surface area contributed by atoms with Gasteiger partial charge in [-0.15, -0.1) is 0 Å². The number of carbonyl (C=O) groups is 2. The minimum Gasteiger partial charge on any atom is -0.490 e. The zero-order valence-electron chi connectivity index (χ0n) is 13.4. The van der Waals surface area contributed by atoms with Crippen molar-refractivity contribution < 1.29 is 23.8 Å². The van der Waals surface area contributed by atoms with E-state index >= 15 is 0 Å². The predicted molar refractivity (Wildman–Crippen MR) is 92.9 cm³/mol. The molecule has 0 N–H and O–H groups in total. The number of Topliss-reactive ketones (excluding diaryl/α,β-unsaturated/α-hetero) is 1. The molecule has 5 nitrogen and oxygen atoms in total. The number of halogens is 1. The Labute approximate surface area is 148 Å². The second kappa shape index (κ2) is 8.61. The van der Waals surface area contributed by atoms with Gasteiger partial charge in [-0.05, 0) is 53.2 Å². The highest BCUT2D eigenvalue weighted by atomic mass is 79.9. The molecule has 0 aliphatic carbocycles. The van der Waals surface area contributed by atoms with E-state index < -0.39 is 5.97 Å². The van der Waals surface area contributed by atoms with E-state index in [1.807, 2.05) is 0 Å². The van der Waals surface area contributed by atoms with Crippen molar-refractivity contribution in [3.05, 3.63) is 58.1 Å². The van der Waals surface area contributed by atoms with Crippen LogP contribution in [-0.4, -0.2) is 32.1 Å². The normalized spacial score (nSPS) is 10.3. The topological polar surface area (TPSA) is 61.8 Å². The maximum atomic E-state index is 12.3. The molecule has 0 aliphatic heterocycles. The van der Waals surface area contributed by atoms with Crippen molar-refractivity contribution in [3.8, 4) is 11.5 Å². The number of benzene rings is 2. The van der Waals surface area contributed by atoms with Gasteiger partial charge in [0.2, 0.25) is 0 Å². The first kappa shape index (κ1) is 18.2.